The molecule has 19 heavy (non-hydrogen) atoms. The number of hydrogen-bond acceptors (Lipinski definition) is 2. The third-order valence-corrected chi connectivity index (χ3v) is 3.52. The van der Waals surface area contributed by atoms with Crippen LogP contribution in [-0.2, 0) is 4.79 Å². The topological polar surface area (TPSA) is 42.0 Å². The highest BCUT2D eigenvalue weighted by atomic mass is 16.2. The lowest BCUT2D eigenvalue weighted by Gasteiger charge is -2.04. The fraction of sp³-hybridized carbons (Fsp3) is 0.250. The molecule has 0 bridgehead atoms. The first-order valence-corrected chi connectivity index (χ1v) is 6.52. The van der Waals surface area contributed by atoms with Crippen molar-refractivity contribution in [3.8, 4) is 0 Å². The fourth-order valence-corrected chi connectivity index (χ4v) is 2.38. The van der Waals surface area contributed by atoms with Crippen molar-refractivity contribution in [2.24, 2.45) is 5.92 Å². The molecule has 2 unspecified atom stereocenters. The van der Waals surface area contributed by atoms with Crippen molar-refractivity contribution in [3.05, 3.63) is 59.8 Å². The molecule has 96 valence electrons. The first-order chi connectivity index (χ1) is 9.24. The van der Waals surface area contributed by atoms with Gasteiger partial charge in [0.15, 0.2) is 0 Å². The molecule has 1 aromatic carbocycles. The molecule has 1 saturated carbocycles. The van der Waals surface area contributed by atoms with E-state index in [-0.39, 0.29) is 11.8 Å². The smallest absolute Gasteiger partial charge is 0.229 e. The summed E-state index contributed by atoms with van der Waals surface area (Å²) < 4.78 is 0. The highest BCUT2D eigenvalue weighted by molar-refractivity contribution is 5.94. The van der Waals surface area contributed by atoms with Crippen molar-refractivity contribution >= 4 is 11.7 Å². The number of carbonyl (C=O) groups excluding carboxylic acids is 1. The molecule has 0 aliphatic heterocycles. The van der Waals surface area contributed by atoms with Gasteiger partial charge in [0.25, 0.3) is 0 Å². The molecule has 1 N–H and O–H groups in total. The Morgan fingerprint density at radius 2 is 2.05 bits per heavy atom. The van der Waals surface area contributed by atoms with Crippen molar-refractivity contribution in [1.29, 1.82) is 0 Å². The van der Waals surface area contributed by atoms with E-state index >= 15 is 0 Å². The molecule has 1 aromatic heterocycles. The van der Waals surface area contributed by atoms with Gasteiger partial charge < -0.3 is 5.32 Å². The first kappa shape index (κ1) is 11.9. The molecule has 0 radical (unpaired) electrons. The summed E-state index contributed by atoms with van der Waals surface area (Å²) >= 11 is 0. The van der Waals surface area contributed by atoms with Crippen LogP contribution in [0.15, 0.2) is 48.7 Å². The van der Waals surface area contributed by atoms with Crippen LogP contribution in [0.1, 0.15) is 23.5 Å². The van der Waals surface area contributed by atoms with Gasteiger partial charge in [-0.15, -0.1) is 0 Å². The maximum absolute atomic E-state index is 12.1. The number of nitrogens with one attached hydrogen (secondary N) is 1. The number of pyridine rings is 1. The third kappa shape index (κ3) is 2.65. The zero-order valence-corrected chi connectivity index (χ0v) is 10.8. The predicted molar refractivity (Wildman–Crippen MR) is 74.9 cm³/mol. The lowest BCUT2D eigenvalue weighted by atomic mass is 10.1. The normalized spacial score (nSPS) is 20.9. The van der Waals surface area contributed by atoms with E-state index in [4.69, 9.17) is 0 Å². The molecule has 1 heterocycles. The number of amides is 1. The van der Waals surface area contributed by atoms with Crippen molar-refractivity contribution in [3.63, 3.8) is 0 Å². The van der Waals surface area contributed by atoms with Crippen LogP contribution in [0, 0.1) is 12.8 Å². The van der Waals surface area contributed by atoms with Gasteiger partial charge in [0.05, 0.1) is 0 Å². The minimum absolute atomic E-state index is 0.0759. The maximum Gasteiger partial charge on any atom is 0.229 e. The summed E-state index contributed by atoms with van der Waals surface area (Å²) in [5, 5.41) is 2.89. The van der Waals surface area contributed by atoms with Gasteiger partial charge in [0.2, 0.25) is 5.91 Å². The largest absolute Gasteiger partial charge is 0.310 e. The summed E-state index contributed by atoms with van der Waals surface area (Å²) in [5.41, 5.74) is 2.35. The Labute approximate surface area is 112 Å². The fourth-order valence-electron chi connectivity index (χ4n) is 2.38. The number of benzene rings is 1. The summed E-state index contributed by atoms with van der Waals surface area (Å²) in [6.45, 7) is 1.99. The van der Waals surface area contributed by atoms with Gasteiger partial charge in [-0.1, -0.05) is 30.3 Å². The van der Waals surface area contributed by atoms with E-state index in [0.29, 0.717) is 11.7 Å². The van der Waals surface area contributed by atoms with E-state index in [2.05, 4.69) is 22.4 Å². The highest BCUT2D eigenvalue weighted by Crippen LogP contribution is 2.47. The second-order valence-electron chi connectivity index (χ2n) is 5.07. The number of nitrogens with zero attached hydrogens (tertiary/aromatic N) is 1. The first-order valence-electron chi connectivity index (χ1n) is 6.52. The highest BCUT2D eigenvalue weighted by Gasteiger charge is 2.43. The second kappa shape index (κ2) is 4.84. The molecule has 1 aliphatic carbocycles. The lowest BCUT2D eigenvalue weighted by Crippen LogP contribution is -2.15. The molecule has 3 nitrogen and oxygen atoms in total. The maximum atomic E-state index is 12.1. The molecular formula is C16H16N2O. The summed E-state index contributed by atoms with van der Waals surface area (Å²) in [6, 6.07) is 14.0. The van der Waals surface area contributed by atoms with E-state index in [0.717, 1.165) is 12.0 Å². The van der Waals surface area contributed by atoms with E-state index in [1.54, 1.807) is 6.20 Å². The van der Waals surface area contributed by atoms with Gasteiger partial charge in [0, 0.05) is 12.1 Å². The number of anilines is 1. The Kier molecular flexibility index (Phi) is 3.03. The van der Waals surface area contributed by atoms with E-state index < -0.39 is 0 Å². The van der Waals surface area contributed by atoms with Crippen LogP contribution in [0.5, 0.6) is 0 Å². The number of aromatic nitrogens is 1. The molecule has 3 heteroatoms. The minimum Gasteiger partial charge on any atom is -0.310 e. The van der Waals surface area contributed by atoms with Crippen LogP contribution in [0.2, 0.25) is 0 Å². The Morgan fingerprint density at radius 3 is 2.79 bits per heavy atom. The summed E-state index contributed by atoms with van der Waals surface area (Å²) in [6.07, 6.45) is 2.65. The summed E-state index contributed by atoms with van der Waals surface area (Å²) in [7, 11) is 0. The van der Waals surface area contributed by atoms with Crippen molar-refractivity contribution in [2.75, 3.05) is 5.32 Å². The van der Waals surface area contributed by atoms with Gasteiger partial charge in [-0.2, -0.15) is 0 Å². The number of hydrogen-bond donors (Lipinski definition) is 1. The minimum atomic E-state index is 0.0759. The molecule has 0 spiro atoms. The Morgan fingerprint density at radius 1 is 1.26 bits per heavy atom. The predicted octanol–water partition coefficient (Wildman–Crippen LogP) is 3.13. The molecule has 0 saturated heterocycles. The molecule has 2 atom stereocenters. The molecule has 2 aromatic rings. The Balaban J connectivity index is 1.64. The zero-order valence-electron chi connectivity index (χ0n) is 10.8. The van der Waals surface area contributed by atoms with E-state index in [1.807, 2.05) is 37.3 Å². The van der Waals surface area contributed by atoms with Gasteiger partial charge in [0.1, 0.15) is 5.82 Å². The Bertz CT molecular complexity index is 595. The summed E-state index contributed by atoms with van der Waals surface area (Å²) in [5.74, 6) is 1.17. The molecule has 1 aliphatic rings. The number of rotatable bonds is 3. The standard InChI is InChI=1S/C16H16N2O/c1-11-7-8-17-15(9-11)18-16(19)14-10-13(14)12-5-3-2-4-6-12/h2-9,13-14H,10H2,1H3,(H,17,18,19). The van der Waals surface area contributed by atoms with Gasteiger partial charge >= 0.3 is 0 Å². The van der Waals surface area contributed by atoms with E-state index in [1.165, 1.54) is 5.56 Å². The summed E-state index contributed by atoms with van der Waals surface area (Å²) in [4.78, 5) is 16.3. The van der Waals surface area contributed by atoms with Crippen LogP contribution in [-0.4, -0.2) is 10.9 Å². The van der Waals surface area contributed by atoms with Crippen LogP contribution in [0.4, 0.5) is 5.82 Å². The molecule has 1 amide bonds. The zero-order chi connectivity index (χ0) is 13.2. The van der Waals surface area contributed by atoms with Gasteiger partial charge in [-0.05, 0) is 42.5 Å². The van der Waals surface area contributed by atoms with Crippen molar-refractivity contribution in [2.45, 2.75) is 19.3 Å². The monoisotopic (exact) mass is 252 g/mol. The third-order valence-electron chi connectivity index (χ3n) is 3.52. The van der Waals surface area contributed by atoms with Gasteiger partial charge in [-0.25, -0.2) is 4.98 Å². The van der Waals surface area contributed by atoms with Crippen LogP contribution in [0.25, 0.3) is 0 Å². The van der Waals surface area contributed by atoms with Crippen molar-refractivity contribution < 1.29 is 4.79 Å². The molecule has 3 rings (SSSR count). The SMILES string of the molecule is Cc1ccnc(NC(=O)C2CC2c2ccccc2)c1. The average Bonchev–Trinajstić information content (AvgIpc) is 3.20. The number of carbonyl (C=O) groups is 1. The Hall–Kier alpha value is -2.16. The molecular weight excluding hydrogens is 236 g/mol. The quantitative estimate of drug-likeness (QED) is 0.911. The average molecular weight is 252 g/mol. The lowest BCUT2D eigenvalue weighted by molar-refractivity contribution is -0.117. The van der Waals surface area contributed by atoms with Crippen molar-refractivity contribution in [1.82, 2.24) is 4.98 Å². The second-order valence-corrected chi connectivity index (χ2v) is 5.07. The van der Waals surface area contributed by atoms with Crippen LogP contribution < -0.4 is 5.32 Å². The molecule has 1 fully saturated rings. The van der Waals surface area contributed by atoms with Gasteiger partial charge in [-0.3, -0.25) is 4.79 Å². The number of aryl methyl sites for hydroxylation is 1. The van der Waals surface area contributed by atoms with Crippen LogP contribution >= 0.6 is 0 Å². The van der Waals surface area contributed by atoms with E-state index in [9.17, 15) is 4.79 Å². The van der Waals surface area contributed by atoms with Crippen LogP contribution in [0.3, 0.4) is 0 Å².